The molecule has 1 atom stereocenters. The van der Waals surface area contributed by atoms with E-state index in [1.165, 1.54) is 7.11 Å². The van der Waals surface area contributed by atoms with Crippen LogP contribution in [0.5, 0.6) is 23.3 Å². The zero-order valence-electron chi connectivity index (χ0n) is 19.1. The minimum Gasteiger partial charge on any atom is -0.493 e. The number of rotatable bonds is 4. The summed E-state index contributed by atoms with van der Waals surface area (Å²) >= 11 is 0. The molecule has 170 valence electrons. The SMILES string of the molecule is COc1ncc(-c2ccc3c(c2)[C@]2(COC(N)=N2)c2cc(OCC(C)(C)C)ccc2O3)cn1. The average molecular weight is 447 g/mol. The molecule has 0 fully saturated rings. The van der Waals surface area contributed by atoms with Gasteiger partial charge in [0.25, 0.3) is 6.02 Å². The Morgan fingerprint density at radius 2 is 1.70 bits per heavy atom. The Hall–Kier alpha value is -3.81. The first-order valence-corrected chi connectivity index (χ1v) is 10.7. The van der Waals surface area contributed by atoms with E-state index >= 15 is 0 Å². The Bertz CT molecular complexity index is 1230. The van der Waals surface area contributed by atoms with E-state index < -0.39 is 5.54 Å². The maximum absolute atomic E-state index is 6.25. The third-order valence-corrected chi connectivity index (χ3v) is 5.59. The molecule has 0 saturated heterocycles. The molecule has 0 aliphatic carbocycles. The summed E-state index contributed by atoms with van der Waals surface area (Å²) in [5.74, 6) is 2.15. The van der Waals surface area contributed by atoms with Crippen LogP contribution in [0.2, 0.25) is 0 Å². The van der Waals surface area contributed by atoms with Gasteiger partial charge in [-0.05, 0) is 41.3 Å². The molecule has 3 heterocycles. The number of amidine groups is 1. The summed E-state index contributed by atoms with van der Waals surface area (Å²) in [6.45, 7) is 7.25. The van der Waals surface area contributed by atoms with Crippen molar-refractivity contribution in [1.82, 2.24) is 9.97 Å². The molecular formula is C25H26N4O4. The van der Waals surface area contributed by atoms with Gasteiger partial charge in [-0.1, -0.05) is 26.8 Å². The zero-order valence-corrected chi connectivity index (χ0v) is 19.1. The summed E-state index contributed by atoms with van der Waals surface area (Å²) in [4.78, 5) is 13.2. The van der Waals surface area contributed by atoms with Crippen LogP contribution >= 0.6 is 0 Å². The van der Waals surface area contributed by atoms with Crippen molar-refractivity contribution in [3.63, 3.8) is 0 Å². The van der Waals surface area contributed by atoms with Crippen LogP contribution in [0.1, 0.15) is 31.9 Å². The van der Waals surface area contributed by atoms with E-state index in [-0.39, 0.29) is 18.0 Å². The van der Waals surface area contributed by atoms with Gasteiger partial charge < -0.3 is 24.7 Å². The highest BCUT2D eigenvalue weighted by atomic mass is 16.5. The lowest BCUT2D eigenvalue weighted by molar-refractivity contribution is 0.197. The molecule has 33 heavy (non-hydrogen) atoms. The van der Waals surface area contributed by atoms with Crippen molar-refractivity contribution in [3.8, 4) is 34.4 Å². The molecule has 2 aromatic carbocycles. The minimum absolute atomic E-state index is 0.0328. The third kappa shape index (κ3) is 3.82. The second-order valence-electron chi connectivity index (χ2n) is 9.38. The molecule has 0 radical (unpaired) electrons. The Morgan fingerprint density at radius 3 is 2.33 bits per heavy atom. The van der Waals surface area contributed by atoms with Gasteiger partial charge in [0, 0.05) is 29.1 Å². The van der Waals surface area contributed by atoms with Crippen molar-refractivity contribution < 1.29 is 18.9 Å². The van der Waals surface area contributed by atoms with Gasteiger partial charge in [0.1, 0.15) is 23.9 Å². The first-order chi connectivity index (χ1) is 15.8. The number of hydrogen-bond donors (Lipinski definition) is 1. The highest BCUT2D eigenvalue weighted by molar-refractivity contribution is 5.78. The third-order valence-electron chi connectivity index (χ3n) is 5.59. The maximum atomic E-state index is 6.25. The number of methoxy groups -OCH3 is 1. The Balaban J connectivity index is 1.60. The summed E-state index contributed by atoms with van der Waals surface area (Å²) in [6.07, 6.45) is 3.44. The fraction of sp³-hybridized carbons (Fsp3) is 0.320. The molecule has 0 saturated carbocycles. The number of benzene rings is 2. The quantitative estimate of drug-likeness (QED) is 0.639. The topological polar surface area (TPSA) is 101 Å². The molecule has 1 spiro atoms. The van der Waals surface area contributed by atoms with Crippen LogP contribution in [0.4, 0.5) is 0 Å². The van der Waals surface area contributed by atoms with Crippen molar-refractivity contribution in [2.24, 2.45) is 16.1 Å². The van der Waals surface area contributed by atoms with Crippen LogP contribution in [-0.2, 0) is 10.3 Å². The van der Waals surface area contributed by atoms with Crippen LogP contribution in [0.3, 0.4) is 0 Å². The Kier molecular flexibility index (Phi) is 4.88. The largest absolute Gasteiger partial charge is 0.493 e. The fourth-order valence-corrected chi connectivity index (χ4v) is 3.97. The fourth-order valence-electron chi connectivity index (χ4n) is 3.97. The monoisotopic (exact) mass is 446 g/mol. The second kappa shape index (κ2) is 7.65. The predicted octanol–water partition coefficient (Wildman–Crippen LogP) is 4.27. The van der Waals surface area contributed by atoms with E-state index in [2.05, 4.69) is 30.7 Å². The molecule has 1 aromatic heterocycles. The van der Waals surface area contributed by atoms with Crippen LogP contribution in [-0.4, -0.2) is 36.3 Å². The lowest BCUT2D eigenvalue weighted by atomic mass is 9.80. The molecule has 0 amide bonds. The molecule has 0 unspecified atom stereocenters. The number of ether oxygens (including phenoxy) is 4. The van der Waals surface area contributed by atoms with Crippen molar-refractivity contribution in [2.45, 2.75) is 26.3 Å². The molecule has 8 nitrogen and oxygen atoms in total. The lowest BCUT2D eigenvalue weighted by Gasteiger charge is -2.34. The molecule has 2 N–H and O–H groups in total. The van der Waals surface area contributed by atoms with Gasteiger partial charge in [-0.2, -0.15) is 0 Å². The van der Waals surface area contributed by atoms with Gasteiger partial charge in [-0.3, -0.25) is 0 Å². The highest BCUT2D eigenvalue weighted by Gasteiger charge is 2.47. The molecule has 3 aromatic rings. The summed E-state index contributed by atoms with van der Waals surface area (Å²) in [7, 11) is 1.54. The summed E-state index contributed by atoms with van der Waals surface area (Å²) in [5.41, 5.74) is 8.68. The van der Waals surface area contributed by atoms with Crippen LogP contribution < -0.4 is 19.9 Å². The van der Waals surface area contributed by atoms with E-state index in [4.69, 9.17) is 29.7 Å². The second-order valence-corrected chi connectivity index (χ2v) is 9.38. The van der Waals surface area contributed by atoms with E-state index in [0.717, 1.165) is 28.0 Å². The molecule has 5 rings (SSSR count). The number of aliphatic imine (C=N–C) groups is 1. The Morgan fingerprint density at radius 1 is 1.00 bits per heavy atom. The summed E-state index contributed by atoms with van der Waals surface area (Å²) in [6, 6.07) is 12.2. The normalized spacial score (nSPS) is 18.6. The number of fused-ring (bicyclic) bond motifs is 4. The minimum atomic E-state index is -0.836. The van der Waals surface area contributed by atoms with E-state index in [1.807, 2.05) is 36.4 Å². The van der Waals surface area contributed by atoms with Crippen molar-refractivity contribution in [2.75, 3.05) is 20.3 Å². The predicted molar refractivity (Wildman–Crippen MR) is 124 cm³/mol. The van der Waals surface area contributed by atoms with Gasteiger partial charge in [-0.15, -0.1) is 0 Å². The molecule has 2 aliphatic rings. The Labute approximate surface area is 192 Å². The number of hydrogen-bond acceptors (Lipinski definition) is 8. The highest BCUT2D eigenvalue weighted by Crippen LogP contribution is 2.52. The van der Waals surface area contributed by atoms with Gasteiger partial charge in [0.15, 0.2) is 5.54 Å². The molecular weight excluding hydrogens is 420 g/mol. The molecule has 2 aliphatic heterocycles. The number of aromatic nitrogens is 2. The van der Waals surface area contributed by atoms with E-state index in [9.17, 15) is 0 Å². The standard InChI is InChI=1S/C25H26N4O4/c1-24(2,3)13-31-17-6-8-21-19(10-17)25(14-32-22(26)29-25)18-9-15(5-7-20(18)33-21)16-11-27-23(30-4)28-12-16/h5-12H,13-14H2,1-4H3,(H2,26,29)/t25-/m1/s1. The van der Waals surface area contributed by atoms with Gasteiger partial charge in [-0.25, -0.2) is 15.0 Å². The van der Waals surface area contributed by atoms with Gasteiger partial charge in [0.2, 0.25) is 0 Å². The van der Waals surface area contributed by atoms with Crippen molar-refractivity contribution in [1.29, 1.82) is 0 Å². The number of nitrogens with zero attached hydrogens (tertiary/aromatic N) is 3. The van der Waals surface area contributed by atoms with Crippen LogP contribution in [0.25, 0.3) is 11.1 Å². The van der Waals surface area contributed by atoms with Gasteiger partial charge in [0.05, 0.1) is 13.7 Å². The first kappa shape index (κ1) is 21.1. The number of nitrogens with two attached hydrogens (primary N) is 1. The van der Waals surface area contributed by atoms with E-state index in [0.29, 0.717) is 24.1 Å². The van der Waals surface area contributed by atoms with Crippen molar-refractivity contribution >= 4 is 6.02 Å². The smallest absolute Gasteiger partial charge is 0.316 e. The zero-order chi connectivity index (χ0) is 23.2. The van der Waals surface area contributed by atoms with Gasteiger partial charge >= 0.3 is 6.01 Å². The summed E-state index contributed by atoms with van der Waals surface area (Å²) < 4.78 is 23.1. The van der Waals surface area contributed by atoms with Crippen LogP contribution in [0.15, 0.2) is 53.8 Å². The average Bonchev–Trinajstić information content (AvgIpc) is 3.20. The maximum Gasteiger partial charge on any atom is 0.316 e. The molecule has 0 bridgehead atoms. The van der Waals surface area contributed by atoms with Crippen LogP contribution in [0, 0.1) is 5.41 Å². The first-order valence-electron chi connectivity index (χ1n) is 10.7. The lowest BCUT2D eigenvalue weighted by Crippen LogP contribution is -2.31. The van der Waals surface area contributed by atoms with E-state index in [1.54, 1.807) is 12.4 Å². The summed E-state index contributed by atoms with van der Waals surface area (Å²) in [5, 5.41) is 0. The molecule has 8 heteroatoms. The van der Waals surface area contributed by atoms with Crippen molar-refractivity contribution in [3.05, 3.63) is 59.9 Å².